The predicted octanol–water partition coefficient (Wildman–Crippen LogP) is 6.39. The van der Waals surface area contributed by atoms with Crippen LogP contribution in [0.4, 0.5) is 15.8 Å². The summed E-state index contributed by atoms with van der Waals surface area (Å²) < 4.78 is 18.2. The van der Waals surface area contributed by atoms with E-state index in [0.29, 0.717) is 54.3 Å². The number of aryl methyl sites for hydroxylation is 1. The van der Waals surface area contributed by atoms with E-state index in [-0.39, 0.29) is 62.2 Å². The Kier molecular flexibility index (Phi) is 9.87. The first-order valence-corrected chi connectivity index (χ1v) is 17.5. The number of carbonyl (C=O) groups is 1. The van der Waals surface area contributed by atoms with Gasteiger partial charge in [0.25, 0.3) is 5.56 Å². The topological polar surface area (TPSA) is 98.0 Å². The smallest absolute Gasteiger partial charge is 0.282 e. The van der Waals surface area contributed by atoms with Gasteiger partial charge in [-0.25, -0.2) is 9.37 Å². The van der Waals surface area contributed by atoms with Gasteiger partial charge in [-0.2, -0.15) is 0 Å². The molecule has 2 atom stereocenters. The number of fused-ring (bicyclic) bond motifs is 5. The van der Waals surface area contributed by atoms with Gasteiger partial charge < -0.3 is 24.7 Å². The third-order valence-corrected chi connectivity index (χ3v) is 10.4. The summed E-state index contributed by atoms with van der Waals surface area (Å²) in [6.45, 7) is 14.3. The van der Waals surface area contributed by atoms with Crippen LogP contribution in [0.3, 0.4) is 0 Å². The van der Waals surface area contributed by atoms with Crippen LogP contribution in [0, 0.1) is 12.7 Å². The van der Waals surface area contributed by atoms with E-state index in [1.54, 1.807) is 15.7 Å². The second-order valence-electron chi connectivity index (χ2n) is 13.8. The number of phenolic OH excluding ortho intramolecular Hbond substituents is 1. The summed E-state index contributed by atoms with van der Waals surface area (Å²) in [5, 5.41) is 10.9. The minimum Gasteiger partial charge on any atom is -0.508 e. The highest BCUT2D eigenvalue weighted by Gasteiger charge is 2.42. The first kappa shape index (κ1) is 35.6. The van der Waals surface area contributed by atoms with Gasteiger partial charge in [0.15, 0.2) is 5.65 Å². The number of rotatable bonds is 8. The number of hydrogen-bond donors (Lipinski definition) is 1. The van der Waals surface area contributed by atoms with Crippen molar-refractivity contribution in [3.63, 3.8) is 0 Å². The highest BCUT2D eigenvalue weighted by atomic mass is 35.5. The van der Waals surface area contributed by atoms with Crippen LogP contribution in [0.2, 0.25) is 10.0 Å². The lowest BCUT2D eigenvalue weighted by Gasteiger charge is -2.51. The molecule has 1 fully saturated rings. The molecule has 13 heteroatoms. The molecule has 264 valence electrons. The second-order valence-corrected chi connectivity index (χ2v) is 14.6. The summed E-state index contributed by atoms with van der Waals surface area (Å²) in [6, 6.07) is 5.43. The SMILES string of the molecule is C=CC(=O)N1CC2CN(CCCN(C)C)c3c(c4cc(F)c(-c5cc(O)cc(Cl)c5Cl)nc4n(-c4c(C)ccnc4C(C)C)c3=O)N2CC1C. The molecule has 1 N–H and O–H groups in total. The van der Waals surface area contributed by atoms with Crippen molar-refractivity contribution >= 4 is 51.5 Å². The van der Waals surface area contributed by atoms with Crippen LogP contribution in [0.15, 0.2) is 47.9 Å². The predicted molar refractivity (Wildman–Crippen MR) is 199 cm³/mol. The lowest BCUT2D eigenvalue weighted by molar-refractivity contribution is -0.128. The number of benzene rings is 1. The van der Waals surface area contributed by atoms with E-state index in [4.69, 9.17) is 33.2 Å². The molecular weight excluding hydrogens is 680 g/mol. The quantitative estimate of drug-likeness (QED) is 0.209. The van der Waals surface area contributed by atoms with Gasteiger partial charge in [-0.1, -0.05) is 43.6 Å². The number of aromatic hydroxyl groups is 1. The van der Waals surface area contributed by atoms with Crippen LogP contribution in [0.25, 0.3) is 28.0 Å². The van der Waals surface area contributed by atoms with E-state index in [0.717, 1.165) is 18.5 Å². The van der Waals surface area contributed by atoms with Crippen LogP contribution in [0.5, 0.6) is 5.75 Å². The molecule has 1 aromatic carbocycles. The molecule has 0 aliphatic carbocycles. The van der Waals surface area contributed by atoms with Crippen LogP contribution in [0.1, 0.15) is 44.4 Å². The molecule has 50 heavy (non-hydrogen) atoms. The molecule has 0 bridgehead atoms. The molecule has 5 heterocycles. The van der Waals surface area contributed by atoms with E-state index in [1.807, 2.05) is 47.9 Å². The Morgan fingerprint density at radius 3 is 2.58 bits per heavy atom. The molecule has 2 aliphatic rings. The first-order chi connectivity index (χ1) is 23.7. The fourth-order valence-corrected chi connectivity index (χ4v) is 7.69. The zero-order valence-electron chi connectivity index (χ0n) is 29.2. The third kappa shape index (κ3) is 6.20. The van der Waals surface area contributed by atoms with Crippen molar-refractivity contribution in [3.8, 4) is 22.7 Å². The summed E-state index contributed by atoms with van der Waals surface area (Å²) in [6.07, 6.45) is 3.82. The molecule has 2 aliphatic heterocycles. The molecule has 0 radical (unpaired) electrons. The number of hydrogen-bond acceptors (Lipinski definition) is 8. The van der Waals surface area contributed by atoms with Gasteiger partial charge in [0.1, 0.15) is 22.9 Å². The lowest BCUT2D eigenvalue weighted by atomic mass is 9.98. The average molecular weight is 723 g/mol. The molecule has 4 aromatic rings. The minimum atomic E-state index is -0.699. The Balaban J connectivity index is 1.73. The Bertz CT molecular complexity index is 2070. The van der Waals surface area contributed by atoms with Gasteiger partial charge >= 0.3 is 0 Å². The number of anilines is 2. The Morgan fingerprint density at radius 2 is 1.90 bits per heavy atom. The van der Waals surface area contributed by atoms with Gasteiger partial charge in [-0.15, -0.1) is 0 Å². The number of nitrogens with zero attached hydrogens (tertiary/aromatic N) is 7. The molecular formula is C37H42Cl2FN7O3. The number of amides is 1. The molecule has 0 saturated carbocycles. The normalized spacial score (nSPS) is 17.5. The van der Waals surface area contributed by atoms with E-state index in [1.165, 1.54) is 24.3 Å². The van der Waals surface area contributed by atoms with Crippen LogP contribution in [-0.4, -0.2) is 94.3 Å². The summed E-state index contributed by atoms with van der Waals surface area (Å²) in [4.78, 5) is 45.9. The highest BCUT2D eigenvalue weighted by molar-refractivity contribution is 6.43. The van der Waals surface area contributed by atoms with E-state index in [2.05, 4.69) is 21.3 Å². The number of aromatic nitrogens is 3. The van der Waals surface area contributed by atoms with Crippen molar-refractivity contribution < 1.29 is 14.3 Å². The zero-order chi connectivity index (χ0) is 36.2. The van der Waals surface area contributed by atoms with Gasteiger partial charge in [-0.05, 0) is 76.7 Å². The Hall–Kier alpha value is -4.19. The largest absolute Gasteiger partial charge is 0.508 e. The fraction of sp³-hybridized carbons (Fsp3) is 0.405. The number of pyridine rings is 3. The number of phenols is 1. The Morgan fingerprint density at radius 1 is 1.16 bits per heavy atom. The summed E-state index contributed by atoms with van der Waals surface area (Å²) >= 11 is 12.9. The standard InChI is InChI=1S/C37H42Cl2FN7O3/c1-8-29(49)45-19-23-18-44(13-9-12-43(6)7)35-34(46(23)17-22(45)5)26-16-28(40)32(25-14-24(48)15-27(38)30(25)39)42-36(26)47(37(35)50)33-21(4)10-11-41-31(33)20(2)3/h8,10-11,14-16,20,22-23,48H,1,9,12-13,17-19H2,2-7H3. The summed E-state index contributed by atoms with van der Waals surface area (Å²) in [7, 11) is 4.01. The first-order valence-electron chi connectivity index (χ1n) is 16.8. The number of carbonyl (C=O) groups excluding carboxylic acids is 1. The van der Waals surface area contributed by atoms with Gasteiger partial charge in [-0.3, -0.25) is 19.1 Å². The minimum absolute atomic E-state index is 0.0199. The molecule has 6 rings (SSSR count). The van der Waals surface area contributed by atoms with Gasteiger partial charge in [0.05, 0.1) is 33.2 Å². The lowest BCUT2D eigenvalue weighted by Crippen LogP contribution is -2.64. The second kappa shape index (κ2) is 13.8. The zero-order valence-corrected chi connectivity index (χ0v) is 30.7. The molecule has 2 unspecified atom stereocenters. The summed E-state index contributed by atoms with van der Waals surface area (Å²) in [5.41, 5.74) is 2.93. The maximum Gasteiger partial charge on any atom is 0.282 e. The van der Waals surface area contributed by atoms with E-state index in [9.17, 15) is 9.90 Å². The van der Waals surface area contributed by atoms with Crippen molar-refractivity contribution in [3.05, 3.63) is 80.6 Å². The third-order valence-electron chi connectivity index (χ3n) is 9.61. The Labute approximate surface area is 301 Å². The van der Waals surface area contributed by atoms with Gasteiger partial charge in [0.2, 0.25) is 5.91 Å². The van der Waals surface area contributed by atoms with Crippen molar-refractivity contribution in [2.24, 2.45) is 0 Å². The van der Waals surface area contributed by atoms with E-state index >= 15 is 9.18 Å². The van der Waals surface area contributed by atoms with Crippen LogP contribution < -0.4 is 15.4 Å². The van der Waals surface area contributed by atoms with Crippen molar-refractivity contribution in [2.45, 2.75) is 52.1 Å². The molecule has 1 amide bonds. The molecule has 1 saturated heterocycles. The average Bonchev–Trinajstić information content (AvgIpc) is 3.06. The van der Waals surface area contributed by atoms with Crippen molar-refractivity contribution in [1.82, 2.24) is 24.3 Å². The maximum absolute atomic E-state index is 16.6. The highest BCUT2D eigenvalue weighted by Crippen LogP contribution is 2.44. The van der Waals surface area contributed by atoms with Gasteiger partial charge in [0, 0.05) is 55.4 Å². The monoisotopic (exact) mass is 721 g/mol. The fourth-order valence-electron chi connectivity index (χ4n) is 7.28. The van der Waals surface area contributed by atoms with Crippen LogP contribution in [-0.2, 0) is 4.79 Å². The number of piperazine rings is 1. The number of halogens is 3. The molecule has 0 spiro atoms. The van der Waals surface area contributed by atoms with E-state index < -0.39 is 5.82 Å². The maximum atomic E-state index is 16.6. The summed E-state index contributed by atoms with van der Waals surface area (Å²) in [5.74, 6) is -1.12. The van der Waals surface area contributed by atoms with Crippen molar-refractivity contribution in [2.75, 3.05) is 56.6 Å². The van der Waals surface area contributed by atoms with Crippen LogP contribution >= 0.6 is 23.2 Å². The van der Waals surface area contributed by atoms with Crippen molar-refractivity contribution in [1.29, 1.82) is 0 Å². The molecule has 3 aromatic heterocycles. The molecule has 10 nitrogen and oxygen atoms in total.